The highest BCUT2D eigenvalue weighted by Crippen LogP contribution is 2.14. The molecule has 1 heterocycles. The number of rotatable bonds is 5. The molecule has 100 valence electrons. The molecular weight excluding hydrogens is 310 g/mol. The van der Waals surface area contributed by atoms with Gasteiger partial charge in [0.15, 0.2) is 10.4 Å². The Balaban J connectivity index is 1.84. The average molecular weight is 324 g/mol. The second kappa shape index (κ2) is 6.43. The van der Waals surface area contributed by atoms with Gasteiger partial charge >= 0.3 is 0 Å². The Hall–Kier alpha value is -1.75. The van der Waals surface area contributed by atoms with Gasteiger partial charge in [-0.25, -0.2) is 0 Å². The molecule has 0 unspecified atom stereocenters. The molecule has 0 aliphatic rings. The van der Waals surface area contributed by atoms with Crippen LogP contribution in [0.1, 0.15) is 16.1 Å². The quantitative estimate of drug-likeness (QED) is 0.920. The van der Waals surface area contributed by atoms with E-state index in [9.17, 15) is 4.79 Å². The van der Waals surface area contributed by atoms with E-state index >= 15 is 0 Å². The number of ether oxygens (including phenoxy) is 1. The molecule has 1 amide bonds. The number of methoxy groups -OCH3 is 1. The van der Waals surface area contributed by atoms with Gasteiger partial charge in [-0.3, -0.25) is 4.79 Å². The standard InChI is InChI=1S/C14H14BrNO3/c1-18-11-4-2-3-10(9-11)7-8-16-14(17)12-5-6-13(15)19-12/h2-6,9H,7-8H2,1H3,(H,16,17). The first-order valence-electron chi connectivity index (χ1n) is 5.85. The number of hydrogen-bond donors (Lipinski definition) is 1. The predicted octanol–water partition coefficient (Wildman–Crippen LogP) is 3.02. The van der Waals surface area contributed by atoms with Crippen molar-refractivity contribution in [2.24, 2.45) is 0 Å². The topological polar surface area (TPSA) is 51.5 Å². The lowest BCUT2D eigenvalue weighted by Crippen LogP contribution is -2.25. The van der Waals surface area contributed by atoms with Crippen LogP contribution in [0.5, 0.6) is 5.75 Å². The van der Waals surface area contributed by atoms with Gasteiger partial charge < -0.3 is 14.5 Å². The van der Waals surface area contributed by atoms with Crippen LogP contribution in [-0.2, 0) is 6.42 Å². The van der Waals surface area contributed by atoms with Crippen LogP contribution in [0.25, 0.3) is 0 Å². The highest BCUT2D eigenvalue weighted by Gasteiger charge is 2.09. The Morgan fingerprint density at radius 1 is 1.37 bits per heavy atom. The minimum absolute atomic E-state index is 0.214. The Labute approximate surface area is 119 Å². The lowest BCUT2D eigenvalue weighted by molar-refractivity contribution is 0.0925. The third-order valence-electron chi connectivity index (χ3n) is 2.63. The molecular formula is C14H14BrNO3. The van der Waals surface area contributed by atoms with Gasteiger partial charge in [-0.15, -0.1) is 0 Å². The van der Waals surface area contributed by atoms with Gasteiger partial charge in [0.1, 0.15) is 5.75 Å². The number of nitrogens with one attached hydrogen (secondary N) is 1. The average Bonchev–Trinajstić information content (AvgIpc) is 2.86. The molecule has 1 aromatic heterocycles. The molecule has 19 heavy (non-hydrogen) atoms. The van der Waals surface area contributed by atoms with Gasteiger partial charge in [0.25, 0.3) is 5.91 Å². The molecule has 1 N–H and O–H groups in total. The van der Waals surface area contributed by atoms with Gasteiger partial charge in [0.2, 0.25) is 0 Å². The summed E-state index contributed by atoms with van der Waals surface area (Å²) < 4.78 is 10.9. The van der Waals surface area contributed by atoms with E-state index < -0.39 is 0 Å². The second-order valence-corrected chi connectivity index (χ2v) is 4.74. The van der Waals surface area contributed by atoms with Crippen LogP contribution in [0.4, 0.5) is 0 Å². The molecule has 1 aromatic carbocycles. The van der Waals surface area contributed by atoms with Crippen molar-refractivity contribution < 1.29 is 13.9 Å². The largest absolute Gasteiger partial charge is 0.497 e. The fourth-order valence-corrected chi connectivity index (χ4v) is 1.98. The van der Waals surface area contributed by atoms with Crippen molar-refractivity contribution in [1.82, 2.24) is 5.32 Å². The summed E-state index contributed by atoms with van der Waals surface area (Å²) in [6.45, 7) is 0.546. The van der Waals surface area contributed by atoms with Crippen molar-refractivity contribution in [3.63, 3.8) is 0 Å². The predicted molar refractivity (Wildman–Crippen MR) is 75.4 cm³/mol. The smallest absolute Gasteiger partial charge is 0.287 e. The first-order valence-corrected chi connectivity index (χ1v) is 6.65. The lowest BCUT2D eigenvalue weighted by atomic mass is 10.1. The van der Waals surface area contributed by atoms with Crippen LogP contribution in [0, 0.1) is 0 Å². The zero-order chi connectivity index (χ0) is 13.7. The van der Waals surface area contributed by atoms with E-state index in [0.29, 0.717) is 17.0 Å². The van der Waals surface area contributed by atoms with E-state index in [1.54, 1.807) is 19.2 Å². The number of furan rings is 1. The normalized spacial score (nSPS) is 10.2. The molecule has 0 aliphatic heterocycles. The molecule has 0 atom stereocenters. The number of carbonyl (C=O) groups is 1. The number of benzene rings is 1. The number of carbonyl (C=O) groups excluding carboxylic acids is 1. The maximum Gasteiger partial charge on any atom is 0.287 e. The number of halogens is 1. The summed E-state index contributed by atoms with van der Waals surface area (Å²) in [6, 6.07) is 11.1. The van der Waals surface area contributed by atoms with Crippen LogP contribution in [0.3, 0.4) is 0 Å². The van der Waals surface area contributed by atoms with E-state index in [1.807, 2.05) is 24.3 Å². The summed E-state index contributed by atoms with van der Waals surface area (Å²) in [5.41, 5.74) is 1.11. The zero-order valence-electron chi connectivity index (χ0n) is 10.5. The van der Waals surface area contributed by atoms with Gasteiger partial charge in [-0.05, 0) is 52.2 Å². The molecule has 0 saturated carbocycles. The molecule has 0 spiro atoms. The molecule has 0 aliphatic carbocycles. The summed E-state index contributed by atoms with van der Waals surface area (Å²) in [5, 5.41) is 2.80. The molecule has 5 heteroatoms. The third kappa shape index (κ3) is 3.86. The van der Waals surface area contributed by atoms with E-state index in [1.165, 1.54) is 0 Å². The van der Waals surface area contributed by atoms with Crippen LogP contribution in [0.15, 0.2) is 45.5 Å². The number of hydrogen-bond acceptors (Lipinski definition) is 3. The molecule has 2 aromatic rings. The highest BCUT2D eigenvalue weighted by molar-refractivity contribution is 9.10. The molecule has 2 rings (SSSR count). The lowest BCUT2D eigenvalue weighted by Gasteiger charge is -2.05. The Morgan fingerprint density at radius 2 is 2.21 bits per heavy atom. The Morgan fingerprint density at radius 3 is 2.89 bits per heavy atom. The second-order valence-electron chi connectivity index (χ2n) is 3.96. The first-order chi connectivity index (χ1) is 9.19. The first kappa shape index (κ1) is 13.7. The van der Waals surface area contributed by atoms with Gasteiger partial charge in [-0.1, -0.05) is 12.1 Å². The van der Waals surface area contributed by atoms with Crippen molar-refractivity contribution in [3.8, 4) is 5.75 Å². The van der Waals surface area contributed by atoms with Crippen molar-refractivity contribution in [2.75, 3.05) is 13.7 Å². The van der Waals surface area contributed by atoms with Crippen molar-refractivity contribution >= 4 is 21.8 Å². The summed E-state index contributed by atoms with van der Waals surface area (Å²) in [7, 11) is 1.63. The van der Waals surface area contributed by atoms with Gasteiger partial charge in [0, 0.05) is 6.54 Å². The molecule has 0 radical (unpaired) electrons. The monoisotopic (exact) mass is 323 g/mol. The SMILES string of the molecule is COc1cccc(CCNC(=O)c2ccc(Br)o2)c1. The molecule has 0 bridgehead atoms. The highest BCUT2D eigenvalue weighted by atomic mass is 79.9. The summed E-state index contributed by atoms with van der Waals surface area (Å²) in [6.07, 6.45) is 0.741. The molecule has 0 saturated heterocycles. The summed E-state index contributed by atoms with van der Waals surface area (Å²) in [5.74, 6) is 0.907. The van der Waals surface area contributed by atoms with Gasteiger partial charge in [-0.2, -0.15) is 0 Å². The van der Waals surface area contributed by atoms with Crippen molar-refractivity contribution in [1.29, 1.82) is 0 Å². The van der Waals surface area contributed by atoms with Crippen molar-refractivity contribution in [2.45, 2.75) is 6.42 Å². The number of amides is 1. The van der Waals surface area contributed by atoms with Gasteiger partial charge in [0.05, 0.1) is 7.11 Å². The third-order valence-corrected chi connectivity index (χ3v) is 3.06. The Kier molecular flexibility index (Phi) is 4.63. The van der Waals surface area contributed by atoms with E-state index in [4.69, 9.17) is 9.15 Å². The fourth-order valence-electron chi connectivity index (χ4n) is 1.67. The van der Waals surface area contributed by atoms with Crippen LogP contribution in [0.2, 0.25) is 0 Å². The summed E-state index contributed by atoms with van der Waals surface area (Å²) in [4.78, 5) is 11.7. The maximum atomic E-state index is 11.7. The van der Waals surface area contributed by atoms with Crippen molar-refractivity contribution in [3.05, 3.63) is 52.4 Å². The minimum Gasteiger partial charge on any atom is -0.497 e. The molecule has 0 fully saturated rings. The summed E-state index contributed by atoms with van der Waals surface area (Å²) >= 11 is 3.16. The molecule has 4 nitrogen and oxygen atoms in total. The van der Waals surface area contributed by atoms with E-state index in [0.717, 1.165) is 17.7 Å². The van der Waals surface area contributed by atoms with Crippen LogP contribution < -0.4 is 10.1 Å². The van der Waals surface area contributed by atoms with Crippen LogP contribution >= 0.6 is 15.9 Å². The fraction of sp³-hybridized carbons (Fsp3) is 0.214. The van der Waals surface area contributed by atoms with Crippen LogP contribution in [-0.4, -0.2) is 19.6 Å². The Bertz CT molecular complexity index is 565. The van der Waals surface area contributed by atoms with E-state index in [2.05, 4.69) is 21.2 Å². The van der Waals surface area contributed by atoms with E-state index in [-0.39, 0.29) is 5.91 Å². The minimum atomic E-state index is -0.214. The zero-order valence-corrected chi connectivity index (χ0v) is 12.1. The maximum absolute atomic E-state index is 11.7.